The maximum Gasteiger partial charge on any atom is 0.237 e. The molecule has 0 spiro atoms. The van der Waals surface area contributed by atoms with E-state index in [1.807, 2.05) is 50.4 Å². The molecule has 2 aromatic carbocycles. The Labute approximate surface area is 150 Å². The van der Waals surface area contributed by atoms with Gasteiger partial charge in [-0.25, -0.2) is 0 Å². The second kappa shape index (κ2) is 9.23. The monoisotopic (exact) mass is 340 g/mol. The summed E-state index contributed by atoms with van der Waals surface area (Å²) in [5.41, 5.74) is 3.69. The predicted octanol–water partition coefficient (Wildman–Crippen LogP) is 3.18. The van der Waals surface area contributed by atoms with Crippen LogP contribution in [0.2, 0.25) is 0 Å². The zero-order valence-corrected chi connectivity index (χ0v) is 15.6. The van der Waals surface area contributed by atoms with Crippen LogP contribution in [0.4, 0.5) is 0 Å². The van der Waals surface area contributed by atoms with Crippen molar-refractivity contribution in [2.75, 3.05) is 20.7 Å². The minimum Gasteiger partial charge on any atom is -0.497 e. The molecular formula is C21H28N2O2. The lowest BCUT2D eigenvalue weighted by atomic mass is 10.1. The third kappa shape index (κ3) is 5.61. The van der Waals surface area contributed by atoms with Gasteiger partial charge in [0.15, 0.2) is 0 Å². The molecule has 25 heavy (non-hydrogen) atoms. The van der Waals surface area contributed by atoms with Crippen molar-refractivity contribution in [1.82, 2.24) is 10.2 Å². The maximum absolute atomic E-state index is 12.4. The first-order valence-corrected chi connectivity index (χ1v) is 8.66. The normalized spacial score (nSPS) is 12.0. The number of rotatable bonds is 8. The minimum atomic E-state index is -0.171. The van der Waals surface area contributed by atoms with E-state index in [9.17, 15) is 4.79 Å². The number of hydrogen-bond donors (Lipinski definition) is 1. The molecule has 0 saturated heterocycles. The van der Waals surface area contributed by atoms with E-state index in [2.05, 4.69) is 29.3 Å². The van der Waals surface area contributed by atoms with Gasteiger partial charge in [0.05, 0.1) is 13.2 Å². The predicted molar refractivity (Wildman–Crippen MR) is 102 cm³/mol. The average Bonchev–Trinajstić information content (AvgIpc) is 2.63. The molecule has 134 valence electrons. The summed E-state index contributed by atoms with van der Waals surface area (Å²) in [5.74, 6) is 0.906. The molecule has 0 saturated carbocycles. The Balaban J connectivity index is 1.79. The van der Waals surface area contributed by atoms with Gasteiger partial charge in [0.25, 0.3) is 0 Å². The fourth-order valence-electron chi connectivity index (χ4n) is 2.66. The molecule has 4 nitrogen and oxygen atoms in total. The van der Waals surface area contributed by atoms with Gasteiger partial charge in [-0.05, 0) is 56.1 Å². The zero-order valence-electron chi connectivity index (χ0n) is 15.6. The van der Waals surface area contributed by atoms with Crippen LogP contribution >= 0.6 is 0 Å². The smallest absolute Gasteiger partial charge is 0.237 e. The number of nitrogens with zero attached hydrogens (tertiary/aromatic N) is 1. The molecule has 2 rings (SSSR count). The van der Waals surface area contributed by atoms with Gasteiger partial charge in [0.2, 0.25) is 5.91 Å². The Hall–Kier alpha value is -2.33. The van der Waals surface area contributed by atoms with Crippen molar-refractivity contribution in [3.05, 3.63) is 65.2 Å². The molecule has 1 unspecified atom stereocenters. The Morgan fingerprint density at radius 2 is 1.84 bits per heavy atom. The second-order valence-electron chi connectivity index (χ2n) is 6.41. The number of carbonyl (C=O) groups excluding carboxylic acids is 1. The first-order valence-electron chi connectivity index (χ1n) is 8.66. The van der Waals surface area contributed by atoms with Gasteiger partial charge in [-0.1, -0.05) is 36.4 Å². The van der Waals surface area contributed by atoms with Crippen molar-refractivity contribution in [1.29, 1.82) is 0 Å². The van der Waals surface area contributed by atoms with Crippen molar-refractivity contribution in [3.8, 4) is 5.75 Å². The topological polar surface area (TPSA) is 41.6 Å². The number of carbonyl (C=O) groups is 1. The molecule has 4 heteroatoms. The van der Waals surface area contributed by atoms with E-state index in [4.69, 9.17) is 4.74 Å². The standard InChI is InChI=1S/C21H28N2O2/c1-16-7-5-6-8-19(16)15-23(3)17(2)21(24)22-14-13-18-9-11-20(25-4)12-10-18/h5-12,17H,13-15H2,1-4H3,(H,22,24). The maximum atomic E-state index is 12.4. The first kappa shape index (κ1) is 19.0. The highest BCUT2D eigenvalue weighted by Crippen LogP contribution is 2.12. The van der Waals surface area contributed by atoms with Crippen molar-refractivity contribution >= 4 is 5.91 Å². The Kier molecular flexibility index (Phi) is 7.02. The van der Waals surface area contributed by atoms with E-state index < -0.39 is 0 Å². The molecule has 0 radical (unpaired) electrons. The van der Waals surface area contributed by atoms with Crippen LogP contribution in [-0.4, -0.2) is 37.6 Å². The third-order valence-corrected chi connectivity index (χ3v) is 4.59. The van der Waals surface area contributed by atoms with Crippen LogP contribution in [0.1, 0.15) is 23.6 Å². The Morgan fingerprint density at radius 1 is 1.16 bits per heavy atom. The quantitative estimate of drug-likeness (QED) is 0.802. The molecule has 0 aliphatic carbocycles. The highest BCUT2D eigenvalue weighted by Gasteiger charge is 2.18. The fraction of sp³-hybridized carbons (Fsp3) is 0.381. The highest BCUT2D eigenvalue weighted by molar-refractivity contribution is 5.81. The van der Waals surface area contributed by atoms with Crippen molar-refractivity contribution in [2.24, 2.45) is 0 Å². The summed E-state index contributed by atoms with van der Waals surface area (Å²) >= 11 is 0. The van der Waals surface area contributed by atoms with Crippen LogP contribution in [0, 0.1) is 6.92 Å². The summed E-state index contributed by atoms with van der Waals surface area (Å²) < 4.78 is 5.15. The van der Waals surface area contributed by atoms with Gasteiger partial charge in [-0.15, -0.1) is 0 Å². The van der Waals surface area contributed by atoms with Crippen LogP contribution in [0.5, 0.6) is 5.75 Å². The van der Waals surface area contributed by atoms with Crippen LogP contribution in [0.15, 0.2) is 48.5 Å². The van der Waals surface area contributed by atoms with Crippen molar-refractivity contribution in [2.45, 2.75) is 32.9 Å². The molecule has 1 N–H and O–H groups in total. The summed E-state index contributed by atoms with van der Waals surface area (Å²) in [7, 11) is 3.64. The van der Waals surface area contributed by atoms with Crippen molar-refractivity contribution in [3.63, 3.8) is 0 Å². The summed E-state index contributed by atoms with van der Waals surface area (Å²) in [6.45, 7) is 5.44. The highest BCUT2D eigenvalue weighted by atomic mass is 16.5. The first-order chi connectivity index (χ1) is 12.0. The Morgan fingerprint density at radius 3 is 2.48 bits per heavy atom. The third-order valence-electron chi connectivity index (χ3n) is 4.59. The van der Waals surface area contributed by atoms with Gasteiger partial charge in [-0.2, -0.15) is 0 Å². The second-order valence-corrected chi connectivity index (χ2v) is 6.41. The van der Waals surface area contributed by atoms with Crippen molar-refractivity contribution < 1.29 is 9.53 Å². The van der Waals surface area contributed by atoms with Crippen LogP contribution in [0.25, 0.3) is 0 Å². The van der Waals surface area contributed by atoms with E-state index in [1.165, 1.54) is 16.7 Å². The van der Waals surface area contributed by atoms with Gasteiger partial charge >= 0.3 is 0 Å². The summed E-state index contributed by atoms with van der Waals surface area (Å²) in [4.78, 5) is 14.5. The average molecular weight is 340 g/mol. The van der Waals surface area contributed by atoms with Gasteiger partial charge in [0.1, 0.15) is 5.75 Å². The van der Waals surface area contributed by atoms with E-state index >= 15 is 0 Å². The molecule has 2 aromatic rings. The molecule has 0 aliphatic rings. The molecule has 1 atom stereocenters. The van der Waals surface area contributed by atoms with Gasteiger partial charge in [0, 0.05) is 13.1 Å². The summed E-state index contributed by atoms with van der Waals surface area (Å²) in [6.07, 6.45) is 0.809. The molecule has 0 bridgehead atoms. The zero-order chi connectivity index (χ0) is 18.2. The molecular weight excluding hydrogens is 312 g/mol. The van der Waals surface area contributed by atoms with Crippen LogP contribution in [0.3, 0.4) is 0 Å². The lowest BCUT2D eigenvalue weighted by molar-refractivity contribution is -0.125. The molecule has 0 aromatic heterocycles. The van der Waals surface area contributed by atoms with Crippen LogP contribution < -0.4 is 10.1 Å². The lowest BCUT2D eigenvalue weighted by Crippen LogP contribution is -2.43. The van der Waals surface area contributed by atoms with E-state index in [0.717, 1.165) is 18.7 Å². The summed E-state index contributed by atoms with van der Waals surface area (Å²) in [5, 5.41) is 3.03. The van der Waals surface area contributed by atoms with Gasteiger partial charge < -0.3 is 10.1 Å². The number of nitrogens with one attached hydrogen (secondary N) is 1. The summed E-state index contributed by atoms with van der Waals surface area (Å²) in [6, 6.07) is 16.0. The number of ether oxygens (including phenoxy) is 1. The lowest BCUT2D eigenvalue weighted by Gasteiger charge is -2.24. The van der Waals surface area contributed by atoms with E-state index in [0.29, 0.717) is 6.54 Å². The molecule has 0 fully saturated rings. The van der Waals surface area contributed by atoms with Gasteiger partial charge in [-0.3, -0.25) is 9.69 Å². The fourth-order valence-corrected chi connectivity index (χ4v) is 2.66. The Bertz CT molecular complexity index is 683. The number of benzene rings is 2. The molecule has 1 amide bonds. The van der Waals surface area contributed by atoms with E-state index in [-0.39, 0.29) is 11.9 Å². The molecule has 0 aliphatic heterocycles. The number of likely N-dealkylation sites (N-methyl/N-ethyl adjacent to an activating group) is 1. The van der Waals surface area contributed by atoms with Crippen LogP contribution in [-0.2, 0) is 17.8 Å². The minimum absolute atomic E-state index is 0.0598. The number of methoxy groups -OCH3 is 1. The SMILES string of the molecule is COc1ccc(CCNC(=O)C(C)N(C)Cc2ccccc2C)cc1. The largest absolute Gasteiger partial charge is 0.497 e. The number of aryl methyl sites for hydroxylation is 1. The number of hydrogen-bond acceptors (Lipinski definition) is 3. The number of amides is 1. The molecule has 0 heterocycles. The van der Waals surface area contributed by atoms with E-state index in [1.54, 1.807) is 7.11 Å².